The average Bonchev–Trinajstić information content (AvgIpc) is 2.49. The summed E-state index contributed by atoms with van der Waals surface area (Å²) in [6, 6.07) is 19.0. The minimum absolute atomic E-state index is 0.597. The van der Waals surface area contributed by atoms with Gasteiger partial charge in [0.1, 0.15) is 5.75 Å². The van der Waals surface area contributed by atoms with Crippen LogP contribution in [0, 0.1) is 0 Å². The maximum atomic E-state index is 13.2. The molecule has 0 aliphatic rings. The molecule has 2 rings (SSSR count). The van der Waals surface area contributed by atoms with Gasteiger partial charge in [-0.3, -0.25) is 4.57 Å². The summed E-state index contributed by atoms with van der Waals surface area (Å²) in [4.78, 5) is 0. The van der Waals surface area contributed by atoms with Crippen molar-refractivity contribution in [2.24, 2.45) is 0 Å². The predicted molar refractivity (Wildman–Crippen MR) is 85.1 cm³/mol. The summed E-state index contributed by atoms with van der Waals surface area (Å²) in [6.07, 6.45) is 3.71. The summed E-state index contributed by atoms with van der Waals surface area (Å²) in [5, 5.41) is 0.806. The number of unbranched alkanes of at least 4 members (excludes halogenated alkanes) is 2. The van der Waals surface area contributed by atoms with Gasteiger partial charge in [-0.2, -0.15) is 0 Å². The summed E-state index contributed by atoms with van der Waals surface area (Å²) in [5.74, 6) is 0.677. The van der Waals surface area contributed by atoms with E-state index >= 15 is 0 Å². The molecule has 0 N–H and O–H groups in total. The Kier molecular flexibility index (Phi) is 5.43. The Morgan fingerprint density at radius 2 is 1.50 bits per heavy atom. The molecule has 1 unspecified atom stereocenters. The lowest BCUT2D eigenvalue weighted by Gasteiger charge is -2.20. The van der Waals surface area contributed by atoms with E-state index in [-0.39, 0.29) is 0 Å². The fourth-order valence-electron chi connectivity index (χ4n) is 2.10. The van der Waals surface area contributed by atoms with Gasteiger partial charge in [-0.15, -0.1) is 0 Å². The first-order valence-corrected chi connectivity index (χ1v) is 8.95. The van der Waals surface area contributed by atoms with Crippen LogP contribution in [0.15, 0.2) is 60.7 Å². The molecule has 0 aliphatic carbocycles. The van der Waals surface area contributed by atoms with Crippen LogP contribution in [-0.2, 0) is 4.57 Å². The third kappa shape index (κ3) is 3.98. The Balaban J connectivity index is 2.22. The molecule has 2 aromatic carbocycles. The van der Waals surface area contributed by atoms with Crippen LogP contribution < -0.4 is 9.83 Å². The maximum Gasteiger partial charge on any atom is 0.277 e. The van der Waals surface area contributed by atoms with Crippen molar-refractivity contribution in [2.75, 3.05) is 6.16 Å². The molecular weight excluding hydrogens is 267 g/mol. The van der Waals surface area contributed by atoms with E-state index in [0.717, 1.165) is 24.6 Å². The second-order valence-electron chi connectivity index (χ2n) is 4.84. The van der Waals surface area contributed by atoms with Crippen molar-refractivity contribution >= 4 is 12.7 Å². The Bertz CT molecular complexity index is 552. The molecule has 0 saturated carbocycles. The van der Waals surface area contributed by atoms with E-state index in [4.69, 9.17) is 4.52 Å². The second kappa shape index (κ2) is 7.31. The maximum absolute atomic E-state index is 13.2. The third-order valence-electron chi connectivity index (χ3n) is 3.20. The molecule has 0 radical (unpaired) electrons. The Hall–Kier alpha value is -1.53. The van der Waals surface area contributed by atoms with Gasteiger partial charge >= 0.3 is 0 Å². The molecule has 0 aromatic heterocycles. The molecule has 0 spiro atoms. The minimum Gasteiger partial charge on any atom is -0.440 e. The number of rotatable bonds is 7. The fraction of sp³-hybridized carbons (Fsp3) is 0.294. The molecule has 0 heterocycles. The second-order valence-corrected chi connectivity index (χ2v) is 7.34. The Morgan fingerprint density at radius 3 is 2.10 bits per heavy atom. The van der Waals surface area contributed by atoms with Crippen molar-refractivity contribution in [1.29, 1.82) is 0 Å². The van der Waals surface area contributed by atoms with Crippen molar-refractivity contribution < 1.29 is 9.09 Å². The highest BCUT2D eigenvalue weighted by Gasteiger charge is 2.26. The summed E-state index contributed by atoms with van der Waals surface area (Å²) in [7, 11) is -2.82. The predicted octanol–water partition coefficient (Wildman–Crippen LogP) is 4.86. The van der Waals surface area contributed by atoms with Gasteiger partial charge in [-0.25, -0.2) is 0 Å². The topological polar surface area (TPSA) is 26.3 Å². The number of hydrogen-bond donors (Lipinski definition) is 0. The van der Waals surface area contributed by atoms with Crippen LogP contribution in [0.1, 0.15) is 26.2 Å². The number of para-hydroxylation sites is 1. The summed E-state index contributed by atoms with van der Waals surface area (Å²) in [5.41, 5.74) is 0. The van der Waals surface area contributed by atoms with Crippen LogP contribution >= 0.6 is 7.37 Å². The fourth-order valence-corrected chi connectivity index (χ4v) is 4.29. The summed E-state index contributed by atoms with van der Waals surface area (Å²) >= 11 is 0. The SMILES string of the molecule is CCCCCP(=O)(Oc1ccccc1)c1ccccc1. The molecule has 0 amide bonds. The summed E-state index contributed by atoms with van der Waals surface area (Å²) < 4.78 is 19.1. The Morgan fingerprint density at radius 1 is 0.900 bits per heavy atom. The minimum atomic E-state index is -2.82. The van der Waals surface area contributed by atoms with E-state index in [0.29, 0.717) is 11.9 Å². The molecular formula is C17H21O2P. The van der Waals surface area contributed by atoms with Gasteiger partial charge in [0.05, 0.1) is 0 Å². The molecule has 0 saturated heterocycles. The average molecular weight is 288 g/mol. The van der Waals surface area contributed by atoms with Gasteiger partial charge in [0.25, 0.3) is 7.37 Å². The molecule has 1 atom stereocenters. The van der Waals surface area contributed by atoms with Crippen molar-refractivity contribution in [3.05, 3.63) is 60.7 Å². The lowest BCUT2D eigenvalue weighted by Crippen LogP contribution is -2.12. The molecule has 106 valence electrons. The third-order valence-corrected chi connectivity index (χ3v) is 5.70. The lowest BCUT2D eigenvalue weighted by molar-refractivity contribution is 0.489. The van der Waals surface area contributed by atoms with Crippen LogP contribution in [0.5, 0.6) is 5.75 Å². The van der Waals surface area contributed by atoms with Crippen LogP contribution in [0.3, 0.4) is 0 Å². The zero-order valence-electron chi connectivity index (χ0n) is 11.9. The molecule has 0 fully saturated rings. The molecule has 0 bridgehead atoms. The van der Waals surface area contributed by atoms with E-state index < -0.39 is 7.37 Å². The van der Waals surface area contributed by atoms with Crippen molar-refractivity contribution in [1.82, 2.24) is 0 Å². The van der Waals surface area contributed by atoms with Crippen molar-refractivity contribution in [3.8, 4) is 5.75 Å². The smallest absolute Gasteiger partial charge is 0.277 e. The first kappa shape index (κ1) is 14.9. The monoisotopic (exact) mass is 288 g/mol. The summed E-state index contributed by atoms with van der Waals surface area (Å²) in [6.45, 7) is 2.14. The van der Waals surface area contributed by atoms with Gasteiger partial charge in [0, 0.05) is 11.5 Å². The van der Waals surface area contributed by atoms with Gasteiger partial charge in [-0.1, -0.05) is 56.2 Å². The molecule has 0 aliphatic heterocycles. The zero-order valence-corrected chi connectivity index (χ0v) is 12.8. The quantitative estimate of drug-likeness (QED) is 0.537. The molecule has 2 nitrogen and oxygen atoms in total. The van der Waals surface area contributed by atoms with E-state index in [1.54, 1.807) is 0 Å². The van der Waals surface area contributed by atoms with Crippen LogP contribution in [0.2, 0.25) is 0 Å². The van der Waals surface area contributed by atoms with Gasteiger partial charge < -0.3 is 4.52 Å². The highest BCUT2D eigenvalue weighted by molar-refractivity contribution is 7.67. The number of benzene rings is 2. The van der Waals surface area contributed by atoms with E-state index in [1.807, 2.05) is 60.7 Å². The first-order valence-electron chi connectivity index (χ1n) is 7.14. The lowest BCUT2D eigenvalue weighted by atomic mass is 10.3. The zero-order chi connectivity index (χ0) is 14.3. The van der Waals surface area contributed by atoms with Gasteiger partial charge in [-0.05, 0) is 30.7 Å². The normalized spacial score (nSPS) is 13.7. The van der Waals surface area contributed by atoms with Gasteiger partial charge in [0.2, 0.25) is 0 Å². The highest BCUT2D eigenvalue weighted by atomic mass is 31.2. The van der Waals surface area contributed by atoms with E-state index in [1.165, 1.54) is 0 Å². The first-order chi connectivity index (χ1) is 9.74. The van der Waals surface area contributed by atoms with Crippen LogP contribution in [0.25, 0.3) is 0 Å². The van der Waals surface area contributed by atoms with Crippen LogP contribution in [-0.4, -0.2) is 6.16 Å². The standard InChI is InChI=1S/C17H21O2P/c1-2-3-10-15-20(18,17-13-8-5-9-14-17)19-16-11-6-4-7-12-16/h4-9,11-14H,2-3,10,15H2,1H3. The van der Waals surface area contributed by atoms with Gasteiger partial charge in [0.15, 0.2) is 0 Å². The van der Waals surface area contributed by atoms with Crippen LogP contribution in [0.4, 0.5) is 0 Å². The number of hydrogen-bond acceptors (Lipinski definition) is 2. The highest BCUT2D eigenvalue weighted by Crippen LogP contribution is 2.46. The van der Waals surface area contributed by atoms with Crippen molar-refractivity contribution in [3.63, 3.8) is 0 Å². The Labute approximate surface area is 121 Å². The molecule has 20 heavy (non-hydrogen) atoms. The molecule has 2 aromatic rings. The van der Waals surface area contributed by atoms with E-state index in [9.17, 15) is 4.57 Å². The van der Waals surface area contributed by atoms with E-state index in [2.05, 4.69) is 6.92 Å². The largest absolute Gasteiger partial charge is 0.440 e. The van der Waals surface area contributed by atoms with Crippen molar-refractivity contribution in [2.45, 2.75) is 26.2 Å². The molecule has 3 heteroatoms.